The standard InChI is InChI=1S/C19H40N4/c1-4-7-8-9-10-11-12-13-14-15-16-17-19(5-2,6-3)23-18-20-21-22-23/h18,21-22H,4-17H2,1-3H3. The Labute approximate surface area is 144 Å². The van der Waals surface area contributed by atoms with Gasteiger partial charge in [-0.15, -0.1) is 5.53 Å². The Kier molecular flexibility index (Phi) is 11.1. The molecule has 0 bridgehead atoms. The summed E-state index contributed by atoms with van der Waals surface area (Å²) in [4.78, 5) is 0. The summed E-state index contributed by atoms with van der Waals surface area (Å²) < 4.78 is 0. The number of hydrazone groups is 1. The van der Waals surface area contributed by atoms with Crippen LogP contribution in [0, 0.1) is 0 Å². The maximum atomic E-state index is 4.07. The zero-order valence-electron chi connectivity index (χ0n) is 15.9. The Morgan fingerprint density at radius 3 is 1.74 bits per heavy atom. The fourth-order valence-electron chi connectivity index (χ4n) is 3.62. The number of nitrogens with one attached hydrogen (secondary N) is 2. The van der Waals surface area contributed by atoms with Gasteiger partial charge in [0, 0.05) is 0 Å². The van der Waals surface area contributed by atoms with Gasteiger partial charge in [-0.3, -0.25) is 5.01 Å². The van der Waals surface area contributed by atoms with Crippen molar-refractivity contribution in [2.24, 2.45) is 5.10 Å². The second kappa shape index (κ2) is 12.6. The molecule has 136 valence electrons. The molecule has 0 radical (unpaired) electrons. The van der Waals surface area contributed by atoms with Crippen molar-refractivity contribution >= 4 is 6.34 Å². The number of hydrogen-bond donors (Lipinski definition) is 2. The molecule has 0 aromatic carbocycles. The zero-order chi connectivity index (χ0) is 16.8. The van der Waals surface area contributed by atoms with Crippen LogP contribution >= 0.6 is 0 Å². The summed E-state index contributed by atoms with van der Waals surface area (Å²) in [5, 5.41) is 6.24. The van der Waals surface area contributed by atoms with Crippen LogP contribution in [0.3, 0.4) is 0 Å². The molecular weight excluding hydrogens is 284 g/mol. The third kappa shape index (κ3) is 7.56. The summed E-state index contributed by atoms with van der Waals surface area (Å²) in [6.07, 6.45) is 20.9. The Hall–Kier alpha value is -0.770. The van der Waals surface area contributed by atoms with Crippen molar-refractivity contribution < 1.29 is 0 Å². The fourth-order valence-corrected chi connectivity index (χ4v) is 3.62. The van der Waals surface area contributed by atoms with E-state index >= 15 is 0 Å². The topological polar surface area (TPSA) is 39.7 Å². The summed E-state index contributed by atoms with van der Waals surface area (Å²) in [5.41, 5.74) is 6.20. The van der Waals surface area contributed by atoms with E-state index in [2.05, 4.69) is 42.0 Å². The minimum absolute atomic E-state index is 0.215. The first-order valence-electron chi connectivity index (χ1n) is 10.1. The average molecular weight is 325 g/mol. The first-order valence-corrected chi connectivity index (χ1v) is 10.1. The lowest BCUT2D eigenvalue weighted by Crippen LogP contribution is -2.53. The Morgan fingerprint density at radius 2 is 1.30 bits per heavy atom. The van der Waals surface area contributed by atoms with Gasteiger partial charge in [0.15, 0.2) is 0 Å². The summed E-state index contributed by atoms with van der Waals surface area (Å²) in [7, 11) is 0. The maximum Gasteiger partial charge on any atom is 0.129 e. The molecule has 0 atom stereocenters. The predicted molar refractivity (Wildman–Crippen MR) is 101 cm³/mol. The van der Waals surface area contributed by atoms with Crippen molar-refractivity contribution in [3.8, 4) is 0 Å². The molecule has 2 N–H and O–H groups in total. The van der Waals surface area contributed by atoms with E-state index in [9.17, 15) is 0 Å². The van der Waals surface area contributed by atoms with Crippen LogP contribution in [0.1, 0.15) is 111 Å². The van der Waals surface area contributed by atoms with E-state index in [4.69, 9.17) is 0 Å². The van der Waals surface area contributed by atoms with Gasteiger partial charge >= 0.3 is 0 Å². The molecule has 0 amide bonds. The van der Waals surface area contributed by atoms with Crippen molar-refractivity contribution in [1.82, 2.24) is 16.1 Å². The third-order valence-electron chi connectivity index (χ3n) is 5.48. The first kappa shape index (κ1) is 20.3. The fraction of sp³-hybridized carbons (Fsp3) is 0.947. The molecule has 0 aliphatic carbocycles. The highest BCUT2D eigenvalue weighted by Gasteiger charge is 2.33. The lowest BCUT2D eigenvalue weighted by atomic mass is 9.86. The molecule has 1 heterocycles. The number of unbranched alkanes of at least 4 members (excludes halogenated alkanes) is 10. The molecule has 1 rings (SSSR count). The lowest BCUT2D eigenvalue weighted by molar-refractivity contribution is 0.0928. The summed E-state index contributed by atoms with van der Waals surface area (Å²) in [6, 6.07) is 0. The Bertz CT molecular complexity index is 300. The van der Waals surface area contributed by atoms with Crippen LogP contribution in [-0.2, 0) is 0 Å². The molecule has 1 aliphatic heterocycles. The average Bonchev–Trinajstić information content (AvgIpc) is 3.12. The Balaban J connectivity index is 2.03. The van der Waals surface area contributed by atoms with Crippen molar-refractivity contribution in [3.05, 3.63) is 0 Å². The van der Waals surface area contributed by atoms with Crippen molar-refractivity contribution in [1.29, 1.82) is 0 Å². The molecule has 23 heavy (non-hydrogen) atoms. The van der Waals surface area contributed by atoms with Gasteiger partial charge in [0.2, 0.25) is 0 Å². The van der Waals surface area contributed by atoms with E-state index in [-0.39, 0.29) is 5.54 Å². The second-order valence-corrected chi connectivity index (χ2v) is 7.06. The first-order chi connectivity index (χ1) is 11.3. The van der Waals surface area contributed by atoms with Gasteiger partial charge in [-0.2, -0.15) is 5.10 Å². The zero-order valence-corrected chi connectivity index (χ0v) is 15.9. The molecule has 0 spiro atoms. The van der Waals surface area contributed by atoms with Gasteiger partial charge in [0.05, 0.1) is 5.54 Å². The largest absolute Gasteiger partial charge is 0.271 e. The van der Waals surface area contributed by atoms with E-state index in [1.807, 2.05) is 6.34 Å². The number of hydrogen-bond acceptors (Lipinski definition) is 4. The van der Waals surface area contributed by atoms with E-state index in [0.29, 0.717) is 0 Å². The highest BCUT2D eigenvalue weighted by molar-refractivity contribution is 5.56. The molecule has 0 fully saturated rings. The van der Waals surface area contributed by atoms with Crippen LogP contribution in [0.15, 0.2) is 5.10 Å². The number of rotatable bonds is 15. The summed E-state index contributed by atoms with van der Waals surface area (Å²) >= 11 is 0. The monoisotopic (exact) mass is 324 g/mol. The van der Waals surface area contributed by atoms with Gasteiger partial charge in [-0.25, -0.2) is 5.53 Å². The molecule has 1 aliphatic rings. The van der Waals surface area contributed by atoms with E-state index in [1.165, 1.54) is 77.0 Å². The smallest absolute Gasteiger partial charge is 0.129 e. The highest BCUT2D eigenvalue weighted by Crippen LogP contribution is 2.29. The molecular formula is C19H40N4. The molecule has 4 heteroatoms. The molecule has 0 aromatic heterocycles. The van der Waals surface area contributed by atoms with Crippen molar-refractivity contribution in [3.63, 3.8) is 0 Å². The van der Waals surface area contributed by atoms with Gasteiger partial charge in [-0.1, -0.05) is 91.4 Å². The molecule has 0 saturated heterocycles. The lowest BCUT2D eigenvalue weighted by Gasteiger charge is -2.39. The van der Waals surface area contributed by atoms with Gasteiger partial charge < -0.3 is 0 Å². The van der Waals surface area contributed by atoms with Gasteiger partial charge in [0.1, 0.15) is 6.34 Å². The van der Waals surface area contributed by atoms with E-state index < -0.39 is 0 Å². The molecule has 0 saturated carbocycles. The normalized spacial score (nSPS) is 14.5. The molecule has 0 aromatic rings. The van der Waals surface area contributed by atoms with Crippen LogP contribution in [0.5, 0.6) is 0 Å². The summed E-state index contributed by atoms with van der Waals surface area (Å²) in [6.45, 7) is 6.86. The van der Waals surface area contributed by atoms with Crippen LogP contribution < -0.4 is 11.1 Å². The SMILES string of the molecule is CCCCCCCCCCCCCC(CC)(CC)N1C=NNN1. The number of nitrogens with zero attached hydrogens (tertiary/aromatic N) is 2. The number of hydrazine groups is 2. The van der Waals surface area contributed by atoms with Gasteiger partial charge in [0.25, 0.3) is 0 Å². The minimum Gasteiger partial charge on any atom is -0.271 e. The molecule has 0 unspecified atom stereocenters. The minimum atomic E-state index is 0.215. The third-order valence-corrected chi connectivity index (χ3v) is 5.48. The molecule has 4 nitrogen and oxygen atoms in total. The quantitative estimate of drug-likeness (QED) is 0.390. The van der Waals surface area contributed by atoms with Crippen LogP contribution in [0.25, 0.3) is 0 Å². The van der Waals surface area contributed by atoms with E-state index in [0.717, 1.165) is 12.8 Å². The van der Waals surface area contributed by atoms with Crippen molar-refractivity contribution in [2.45, 2.75) is 116 Å². The summed E-state index contributed by atoms with van der Waals surface area (Å²) in [5.74, 6) is 0. The Morgan fingerprint density at radius 1 is 0.783 bits per heavy atom. The van der Waals surface area contributed by atoms with Crippen LogP contribution in [-0.4, -0.2) is 16.9 Å². The van der Waals surface area contributed by atoms with Crippen LogP contribution in [0.2, 0.25) is 0 Å². The predicted octanol–water partition coefficient (Wildman–Crippen LogP) is 5.51. The van der Waals surface area contributed by atoms with E-state index in [1.54, 1.807) is 0 Å². The van der Waals surface area contributed by atoms with Gasteiger partial charge in [-0.05, 0) is 19.3 Å². The van der Waals surface area contributed by atoms with Crippen LogP contribution in [0.4, 0.5) is 0 Å². The highest BCUT2D eigenvalue weighted by atomic mass is 15.8. The van der Waals surface area contributed by atoms with Crippen molar-refractivity contribution in [2.75, 3.05) is 0 Å². The maximum absolute atomic E-state index is 4.07. The second-order valence-electron chi connectivity index (χ2n) is 7.06.